The largest absolute Gasteiger partial charge is 0.390 e. The number of H-pyrrole nitrogens is 2. The number of aromatic amines is 2. The Morgan fingerprint density at radius 3 is 2.36 bits per heavy atom. The topological polar surface area (TPSA) is 139 Å². The summed E-state index contributed by atoms with van der Waals surface area (Å²) in [5, 5.41) is 10.2. The number of nitrogens with one attached hydrogen (secondary N) is 2. The van der Waals surface area contributed by atoms with Crippen molar-refractivity contribution in [1.29, 1.82) is 0 Å². The second-order valence-corrected chi connectivity index (χ2v) is 6.13. The maximum atomic E-state index is 11.9. The van der Waals surface area contributed by atoms with Crippen molar-refractivity contribution in [2.45, 2.75) is 45.2 Å². The van der Waals surface area contributed by atoms with Crippen LogP contribution in [0.3, 0.4) is 0 Å². The van der Waals surface area contributed by atoms with Gasteiger partial charge in [0.05, 0.1) is 12.6 Å². The van der Waals surface area contributed by atoms with Gasteiger partial charge in [0.25, 0.3) is 11.1 Å². The summed E-state index contributed by atoms with van der Waals surface area (Å²) in [6.45, 7) is 3.14. The first-order valence-electron chi connectivity index (χ1n) is 7.72. The predicted octanol–water partition coefficient (Wildman–Crippen LogP) is -1.65. The quantitative estimate of drug-likeness (QED) is 0.606. The Morgan fingerprint density at radius 2 is 1.68 bits per heavy atom. The zero-order chi connectivity index (χ0) is 18.3. The molecule has 1 aliphatic rings. The van der Waals surface area contributed by atoms with Crippen LogP contribution in [-0.4, -0.2) is 36.4 Å². The first-order valence-corrected chi connectivity index (χ1v) is 7.72. The van der Waals surface area contributed by atoms with Gasteiger partial charge in [-0.2, -0.15) is 0 Å². The van der Waals surface area contributed by atoms with Gasteiger partial charge in [-0.1, -0.05) is 0 Å². The molecule has 3 heterocycles. The lowest BCUT2D eigenvalue weighted by molar-refractivity contribution is -0.0290. The molecule has 0 spiro atoms. The Bertz CT molecular complexity index is 1030. The van der Waals surface area contributed by atoms with E-state index in [-0.39, 0.29) is 13.0 Å². The number of ether oxygens (including phenoxy) is 1. The molecule has 3 atom stereocenters. The molecule has 10 heteroatoms. The molecule has 0 aromatic carbocycles. The van der Waals surface area contributed by atoms with Crippen LogP contribution in [-0.2, 0) is 11.3 Å². The van der Waals surface area contributed by atoms with Gasteiger partial charge in [0.2, 0.25) is 0 Å². The van der Waals surface area contributed by atoms with Crippen LogP contribution < -0.4 is 22.5 Å². The van der Waals surface area contributed by atoms with Gasteiger partial charge in [0, 0.05) is 29.9 Å². The molecule has 25 heavy (non-hydrogen) atoms. The fourth-order valence-electron chi connectivity index (χ4n) is 2.80. The summed E-state index contributed by atoms with van der Waals surface area (Å²) in [5.41, 5.74) is -1.49. The fourth-order valence-corrected chi connectivity index (χ4v) is 2.80. The molecule has 2 aromatic heterocycles. The number of nitrogens with zero attached hydrogens (tertiary/aromatic N) is 2. The molecule has 0 saturated carbocycles. The summed E-state index contributed by atoms with van der Waals surface area (Å²) in [7, 11) is 0. The molecule has 0 amide bonds. The zero-order valence-corrected chi connectivity index (χ0v) is 13.7. The standard InChI is InChI=1S/C15H18N4O6/c1-7-4-18(14(23)16-12(7)21)6-10-9(20)3-11(25-10)19-5-8(2)13(22)17-15(19)24/h4-5,9-11,20H,3,6H2,1-2H3,(H,16,21,23)(H,17,22,24)/t9-,10+,11+/m0/s1. The van der Waals surface area contributed by atoms with Gasteiger partial charge in [-0.3, -0.25) is 28.7 Å². The van der Waals surface area contributed by atoms with Crippen LogP contribution >= 0.6 is 0 Å². The van der Waals surface area contributed by atoms with Crippen LogP contribution in [0.4, 0.5) is 0 Å². The van der Waals surface area contributed by atoms with E-state index >= 15 is 0 Å². The smallest absolute Gasteiger partial charge is 0.330 e. The van der Waals surface area contributed by atoms with Crippen molar-refractivity contribution in [3.8, 4) is 0 Å². The van der Waals surface area contributed by atoms with Crippen LogP contribution in [0.5, 0.6) is 0 Å². The van der Waals surface area contributed by atoms with Crippen LogP contribution in [0.2, 0.25) is 0 Å². The van der Waals surface area contributed by atoms with Crippen LogP contribution in [0.15, 0.2) is 31.6 Å². The Labute approximate surface area is 140 Å². The Kier molecular flexibility index (Phi) is 4.31. The van der Waals surface area contributed by atoms with E-state index in [1.807, 2.05) is 0 Å². The minimum atomic E-state index is -0.914. The van der Waals surface area contributed by atoms with Crippen molar-refractivity contribution in [2.24, 2.45) is 0 Å². The number of aliphatic hydroxyl groups excluding tert-OH is 1. The van der Waals surface area contributed by atoms with Crippen LogP contribution in [0.25, 0.3) is 0 Å². The van der Waals surface area contributed by atoms with E-state index in [9.17, 15) is 24.3 Å². The molecule has 3 N–H and O–H groups in total. The predicted molar refractivity (Wildman–Crippen MR) is 86.7 cm³/mol. The molecule has 0 bridgehead atoms. The van der Waals surface area contributed by atoms with Crippen molar-refractivity contribution in [1.82, 2.24) is 19.1 Å². The maximum absolute atomic E-state index is 11.9. The normalized spacial score (nSPS) is 23.1. The van der Waals surface area contributed by atoms with Crippen LogP contribution in [0.1, 0.15) is 23.8 Å². The average Bonchev–Trinajstić information content (AvgIpc) is 2.89. The number of rotatable bonds is 3. The summed E-state index contributed by atoms with van der Waals surface area (Å²) in [6.07, 6.45) is 0.476. The number of hydrogen-bond donors (Lipinski definition) is 3. The SMILES string of the molecule is Cc1cn(C[C@H]2O[C@@H](n3cc(C)c(=O)[nH]c3=O)C[C@@H]2O)c(=O)[nH]c1=O. The molecule has 10 nitrogen and oxygen atoms in total. The molecular weight excluding hydrogens is 332 g/mol. The third kappa shape index (κ3) is 3.26. The monoisotopic (exact) mass is 350 g/mol. The Balaban J connectivity index is 1.85. The average molecular weight is 350 g/mol. The minimum Gasteiger partial charge on any atom is -0.390 e. The van der Waals surface area contributed by atoms with Gasteiger partial charge in [-0.15, -0.1) is 0 Å². The number of aliphatic hydroxyl groups is 1. The van der Waals surface area contributed by atoms with E-state index in [0.29, 0.717) is 11.1 Å². The van der Waals surface area contributed by atoms with Gasteiger partial charge in [0.1, 0.15) is 12.3 Å². The van der Waals surface area contributed by atoms with E-state index in [2.05, 4.69) is 9.97 Å². The zero-order valence-electron chi connectivity index (χ0n) is 13.7. The lowest BCUT2D eigenvalue weighted by Gasteiger charge is -2.17. The third-order valence-electron chi connectivity index (χ3n) is 4.23. The lowest BCUT2D eigenvalue weighted by atomic mass is 10.1. The Hall–Kier alpha value is -2.72. The highest BCUT2D eigenvalue weighted by Crippen LogP contribution is 2.28. The van der Waals surface area contributed by atoms with Gasteiger partial charge < -0.3 is 9.84 Å². The molecule has 2 aromatic rings. The van der Waals surface area contributed by atoms with E-state index in [1.54, 1.807) is 13.8 Å². The molecule has 0 unspecified atom stereocenters. The molecule has 0 aliphatic carbocycles. The summed E-state index contributed by atoms with van der Waals surface area (Å²) in [5.74, 6) is 0. The molecular formula is C15H18N4O6. The highest BCUT2D eigenvalue weighted by molar-refractivity contribution is 5.03. The van der Waals surface area contributed by atoms with Gasteiger partial charge in [-0.05, 0) is 13.8 Å². The minimum absolute atomic E-state index is 0.0191. The third-order valence-corrected chi connectivity index (χ3v) is 4.23. The van der Waals surface area contributed by atoms with E-state index in [1.165, 1.54) is 21.5 Å². The van der Waals surface area contributed by atoms with E-state index < -0.39 is 40.9 Å². The molecule has 3 rings (SSSR count). The lowest BCUT2D eigenvalue weighted by Crippen LogP contribution is -2.36. The summed E-state index contributed by atoms with van der Waals surface area (Å²) in [6, 6.07) is 0. The van der Waals surface area contributed by atoms with Gasteiger partial charge >= 0.3 is 11.4 Å². The van der Waals surface area contributed by atoms with Crippen molar-refractivity contribution < 1.29 is 9.84 Å². The molecule has 134 valence electrons. The van der Waals surface area contributed by atoms with E-state index in [0.717, 1.165) is 0 Å². The highest BCUT2D eigenvalue weighted by Gasteiger charge is 2.36. The van der Waals surface area contributed by atoms with E-state index in [4.69, 9.17) is 4.74 Å². The molecule has 1 saturated heterocycles. The number of aryl methyl sites for hydroxylation is 2. The second-order valence-electron chi connectivity index (χ2n) is 6.13. The summed E-state index contributed by atoms with van der Waals surface area (Å²) >= 11 is 0. The number of hydrogen-bond acceptors (Lipinski definition) is 6. The fraction of sp³-hybridized carbons (Fsp3) is 0.467. The summed E-state index contributed by atoms with van der Waals surface area (Å²) < 4.78 is 8.16. The number of aromatic nitrogens is 4. The first kappa shape index (κ1) is 17.1. The van der Waals surface area contributed by atoms with Crippen molar-refractivity contribution >= 4 is 0 Å². The van der Waals surface area contributed by atoms with Crippen molar-refractivity contribution in [2.75, 3.05) is 0 Å². The molecule has 1 aliphatic heterocycles. The summed E-state index contributed by atoms with van der Waals surface area (Å²) in [4.78, 5) is 51.0. The van der Waals surface area contributed by atoms with Crippen LogP contribution in [0, 0.1) is 13.8 Å². The van der Waals surface area contributed by atoms with Gasteiger partial charge in [-0.25, -0.2) is 9.59 Å². The Morgan fingerprint density at radius 1 is 1.08 bits per heavy atom. The first-order chi connectivity index (χ1) is 11.8. The van der Waals surface area contributed by atoms with Crippen molar-refractivity contribution in [3.05, 3.63) is 65.2 Å². The second kappa shape index (κ2) is 6.30. The van der Waals surface area contributed by atoms with Gasteiger partial charge in [0.15, 0.2) is 0 Å². The van der Waals surface area contributed by atoms with Crippen molar-refractivity contribution in [3.63, 3.8) is 0 Å². The molecule has 1 fully saturated rings. The maximum Gasteiger partial charge on any atom is 0.330 e. The molecule has 0 radical (unpaired) electrons. The highest BCUT2D eigenvalue weighted by atomic mass is 16.5.